The lowest BCUT2D eigenvalue weighted by atomic mass is 10.1. The smallest absolute Gasteiger partial charge is 0.282 e. The second kappa shape index (κ2) is 8.61. The number of carbonyl (C=O) groups is 1. The van der Waals surface area contributed by atoms with Gasteiger partial charge in [-0.15, -0.1) is 0 Å². The minimum atomic E-state index is -3.55. The van der Waals surface area contributed by atoms with Crippen molar-refractivity contribution in [1.82, 2.24) is 4.31 Å². The highest BCUT2D eigenvalue weighted by Gasteiger charge is 2.34. The van der Waals surface area contributed by atoms with Gasteiger partial charge in [-0.25, -0.2) is 12.8 Å². The van der Waals surface area contributed by atoms with Gasteiger partial charge in [0.25, 0.3) is 5.91 Å². The van der Waals surface area contributed by atoms with Crippen molar-refractivity contribution in [2.45, 2.75) is 31.7 Å². The minimum absolute atomic E-state index is 0.153. The van der Waals surface area contributed by atoms with E-state index in [1.54, 1.807) is 31.2 Å². The maximum absolute atomic E-state index is 13.8. The third-order valence-corrected chi connectivity index (χ3v) is 7.51. The Morgan fingerprint density at radius 1 is 1.10 bits per heavy atom. The van der Waals surface area contributed by atoms with Gasteiger partial charge in [-0.1, -0.05) is 18.2 Å². The number of para-hydroxylation sites is 1. The number of sulfonamides is 1. The highest BCUT2D eigenvalue weighted by Crippen LogP contribution is 2.19. The first-order chi connectivity index (χ1) is 13.7. The number of aryl methyl sites for hydroxylation is 2. The summed E-state index contributed by atoms with van der Waals surface area (Å²) in [6, 6.07) is 10.8. The van der Waals surface area contributed by atoms with Crippen LogP contribution in [0.15, 0.2) is 47.4 Å². The van der Waals surface area contributed by atoms with E-state index < -0.39 is 21.9 Å². The number of hydrogen-bond acceptors (Lipinski definition) is 3. The molecule has 29 heavy (non-hydrogen) atoms. The fraction of sp³-hybridized carbons (Fsp3) is 0.381. The van der Waals surface area contributed by atoms with Crippen LogP contribution in [0.1, 0.15) is 18.1 Å². The summed E-state index contributed by atoms with van der Waals surface area (Å²) in [6.45, 7) is 7.31. The van der Waals surface area contributed by atoms with Crippen molar-refractivity contribution in [2.24, 2.45) is 0 Å². The average Bonchev–Trinajstić information content (AvgIpc) is 2.71. The molecule has 1 saturated heterocycles. The molecule has 0 spiro atoms. The monoisotopic (exact) mass is 420 g/mol. The molecule has 1 amide bonds. The molecule has 2 N–H and O–H groups in total. The van der Waals surface area contributed by atoms with Gasteiger partial charge in [0, 0.05) is 0 Å². The Hall–Kier alpha value is -2.29. The van der Waals surface area contributed by atoms with Gasteiger partial charge in [0.1, 0.15) is 5.82 Å². The molecule has 2 aromatic rings. The molecule has 0 unspecified atom stereocenters. The van der Waals surface area contributed by atoms with Crippen LogP contribution in [0.2, 0.25) is 0 Å². The number of quaternary nitrogens is 1. The van der Waals surface area contributed by atoms with Crippen LogP contribution in [0.3, 0.4) is 0 Å². The van der Waals surface area contributed by atoms with E-state index in [1.807, 2.05) is 19.9 Å². The SMILES string of the molecule is Cc1ccc(S(=O)(=O)N2CC[NH+]([C@H](C)C(=O)Nc3ccccc3F)CC2)cc1C. The summed E-state index contributed by atoms with van der Waals surface area (Å²) in [5, 5.41) is 2.62. The summed E-state index contributed by atoms with van der Waals surface area (Å²) in [7, 11) is -3.55. The van der Waals surface area contributed by atoms with E-state index in [4.69, 9.17) is 0 Å². The maximum atomic E-state index is 13.8. The molecule has 8 heteroatoms. The first-order valence-electron chi connectivity index (χ1n) is 9.67. The van der Waals surface area contributed by atoms with Crippen molar-refractivity contribution in [2.75, 3.05) is 31.5 Å². The number of piperazine rings is 1. The van der Waals surface area contributed by atoms with E-state index in [0.29, 0.717) is 31.1 Å². The Labute approximate surface area is 171 Å². The van der Waals surface area contributed by atoms with Crippen LogP contribution in [-0.4, -0.2) is 50.9 Å². The van der Waals surface area contributed by atoms with Crippen LogP contribution in [0, 0.1) is 19.7 Å². The lowest BCUT2D eigenvalue weighted by molar-refractivity contribution is -0.917. The number of benzene rings is 2. The van der Waals surface area contributed by atoms with Gasteiger partial charge in [-0.3, -0.25) is 4.79 Å². The Kier molecular flexibility index (Phi) is 6.36. The molecule has 1 fully saturated rings. The minimum Gasteiger partial charge on any atom is -0.323 e. The molecule has 1 aliphatic rings. The van der Waals surface area contributed by atoms with Crippen LogP contribution >= 0.6 is 0 Å². The molecule has 6 nitrogen and oxygen atoms in total. The first-order valence-corrected chi connectivity index (χ1v) is 11.1. The number of anilines is 1. The van der Waals surface area contributed by atoms with Gasteiger partial charge in [-0.2, -0.15) is 4.31 Å². The molecule has 0 bridgehead atoms. The van der Waals surface area contributed by atoms with Crippen molar-refractivity contribution in [3.05, 3.63) is 59.4 Å². The lowest BCUT2D eigenvalue weighted by Gasteiger charge is -2.34. The zero-order chi connectivity index (χ0) is 21.2. The molecule has 1 aliphatic heterocycles. The third-order valence-electron chi connectivity index (χ3n) is 5.62. The van der Waals surface area contributed by atoms with E-state index in [2.05, 4.69) is 5.32 Å². The molecule has 0 aliphatic carbocycles. The van der Waals surface area contributed by atoms with E-state index in [-0.39, 0.29) is 11.6 Å². The molecule has 1 atom stereocenters. The van der Waals surface area contributed by atoms with Crippen molar-refractivity contribution in [3.63, 3.8) is 0 Å². The highest BCUT2D eigenvalue weighted by atomic mass is 32.2. The summed E-state index contributed by atoms with van der Waals surface area (Å²) >= 11 is 0. The molecule has 2 aromatic carbocycles. The predicted molar refractivity (Wildman–Crippen MR) is 110 cm³/mol. The van der Waals surface area contributed by atoms with E-state index in [0.717, 1.165) is 16.0 Å². The summed E-state index contributed by atoms with van der Waals surface area (Å²) < 4.78 is 41.1. The molecule has 0 radical (unpaired) electrons. The van der Waals surface area contributed by atoms with Crippen molar-refractivity contribution in [1.29, 1.82) is 0 Å². The van der Waals surface area contributed by atoms with Crippen LogP contribution in [0.5, 0.6) is 0 Å². The molecular formula is C21H27FN3O3S+. The fourth-order valence-electron chi connectivity index (χ4n) is 3.46. The number of hydrogen-bond donors (Lipinski definition) is 2. The molecule has 1 heterocycles. The standard InChI is InChI=1S/C21H26FN3O3S/c1-15-8-9-18(14-16(15)2)29(27,28)25-12-10-24(11-13-25)17(3)21(26)23-20-7-5-4-6-19(20)22/h4-9,14,17H,10-13H2,1-3H3,(H,23,26)/p+1/t17-/m1/s1. The Morgan fingerprint density at radius 2 is 1.76 bits per heavy atom. The number of carbonyl (C=O) groups excluding carboxylic acids is 1. The largest absolute Gasteiger partial charge is 0.323 e. The van der Waals surface area contributed by atoms with Crippen molar-refractivity contribution in [3.8, 4) is 0 Å². The zero-order valence-electron chi connectivity index (χ0n) is 16.9. The number of halogens is 1. The summed E-state index contributed by atoms with van der Waals surface area (Å²) in [5.41, 5.74) is 2.14. The second-order valence-corrected chi connectivity index (χ2v) is 9.44. The second-order valence-electron chi connectivity index (χ2n) is 7.50. The van der Waals surface area contributed by atoms with E-state index >= 15 is 0 Å². The molecule has 0 saturated carbocycles. The van der Waals surface area contributed by atoms with Crippen LogP contribution in [-0.2, 0) is 14.8 Å². The molecule has 0 aromatic heterocycles. The van der Waals surface area contributed by atoms with Gasteiger partial charge in [0.15, 0.2) is 6.04 Å². The fourth-order valence-corrected chi connectivity index (χ4v) is 4.99. The van der Waals surface area contributed by atoms with Crippen molar-refractivity contribution >= 4 is 21.6 Å². The van der Waals surface area contributed by atoms with Gasteiger partial charge in [-0.05, 0) is 56.2 Å². The van der Waals surface area contributed by atoms with Crippen LogP contribution < -0.4 is 10.2 Å². The Bertz CT molecular complexity index is 1000. The summed E-state index contributed by atoms with van der Waals surface area (Å²) in [5.74, 6) is -0.761. The highest BCUT2D eigenvalue weighted by molar-refractivity contribution is 7.89. The molecule has 3 rings (SSSR count). The van der Waals surface area contributed by atoms with Crippen LogP contribution in [0.25, 0.3) is 0 Å². The number of rotatable bonds is 5. The molecular weight excluding hydrogens is 393 g/mol. The summed E-state index contributed by atoms with van der Waals surface area (Å²) in [4.78, 5) is 13.8. The van der Waals surface area contributed by atoms with Gasteiger partial charge in [0.2, 0.25) is 10.0 Å². The Morgan fingerprint density at radius 3 is 2.38 bits per heavy atom. The van der Waals surface area contributed by atoms with Gasteiger partial charge < -0.3 is 10.2 Å². The topological polar surface area (TPSA) is 70.9 Å². The molecule has 156 valence electrons. The predicted octanol–water partition coefficient (Wildman–Crippen LogP) is 1.36. The normalized spacial score (nSPS) is 17.1. The van der Waals surface area contributed by atoms with Gasteiger partial charge >= 0.3 is 0 Å². The van der Waals surface area contributed by atoms with Crippen LogP contribution in [0.4, 0.5) is 10.1 Å². The van der Waals surface area contributed by atoms with Crippen molar-refractivity contribution < 1.29 is 22.5 Å². The summed E-state index contributed by atoms with van der Waals surface area (Å²) in [6.07, 6.45) is 0. The maximum Gasteiger partial charge on any atom is 0.282 e. The first kappa shape index (κ1) is 21.4. The number of amides is 1. The van der Waals surface area contributed by atoms with E-state index in [9.17, 15) is 17.6 Å². The zero-order valence-corrected chi connectivity index (χ0v) is 17.7. The third kappa shape index (κ3) is 4.66. The van der Waals surface area contributed by atoms with Gasteiger partial charge in [0.05, 0.1) is 36.8 Å². The lowest BCUT2D eigenvalue weighted by Crippen LogP contribution is -3.19. The number of nitrogens with one attached hydrogen (secondary N) is 2. The number of nitrogens with zero attached hydrogens (tertiary/aromatic N) is 1. The average molecular weight is 421 g/mol. The van der Waals surface area contributed by atoms with E-state index in [1.165, 1.54) is 16.4 Å². The quantitative estimate of drug-likeness (QED) is 0.767. The Balaban J connectivity index is 1.62.